The maximum atomic E-state index is 13.2. The number of fused-ring (bicyclic) bond motifs is 1. The number of hydrogen-bond donors (Lipinski definition) is 2. The molecule has 39 heavy (non-hydrogen) atoms. The summed E-state index contributed by atoms with van der Waals surface area (Å²) in [7, 11) is 3.93. The molecule has 1 aromatic carbocycles. The highest BCUT2D eigenvalue weighted by molar-refractivity contribution is 6.04. The molecule has 200 valence electrons. The van der Waals surface area contributed by atoms with Gasteiger partial charge in [-0.05, 0) is 57.6 Å². The Balaban J connectivity index is 1.47. The first-order valence-electron chi connectivity index (χ1n) is 13.0. The minimum atomic E-state index is -0.254. The third-order valence-corrected chi connectivity index (χ3v) is 6.75. The quantitative estimate of drug-likeness (QED) is 0.353. The number of benzene rings is 1. The van der Waals surface area contributed by atoms with Crippen LogP contribution in [0.2, 0.25) is 0 Å². The molecule has 10 nitrogen and oxygen atoms in total. The summed E-state index contributed by atoms with van der Waals surface area (Å²) < 4.78 is 1.94. The predicted octanol–water partition coefficient (Wildman–Crippen LogP) is 3.80. The van der Waals surface area contributed by atoms with Gasteiger partial charge in [0.25, 0.3) is 5.91 Å². The van der Waals surface area contributed by atoms with E-state index in [1.165, 1.54) is 0 Å². The summed E-state index contributed by atoms with van der Waals surface area (Å²) >= 11 is 0. The number of nitrogens with two attached hydrogens (primary N) is 1. The Hall–Kier alpha value is -4.57. The van der Waals surface area contributed by atoms with Crippen molar-refractivity contribution in [3.8, 4) is 11.3 Å². The number of imidazole rings is 1. The number of nitrogen functional groups attached to an aromatic ring is 1. The van der Waals surface area contributed by atoms with Crippen LogP contribution >= 0.6 is 0 Å². The average molecular weight is 525 g/mol. The standard InChI is InChI=1S/C29H32N8O2/c1-35(2)17-7-10-24(38)36-18-6-4-8-22(36)28-34-25(26-27(30)32-16-19-37(26)28)20-11-13-21(14-12-20)29(39)33-23-9-3-5-15-31-23/h3,5,7,9-16,19,22H,4,6,8,17-18H2,1-2H3,(H2,30,32)(H,31,33,39). The lowest BCUT2D eigenvalue weighted by molar-refractivity contribution is -0.130. The van der Waals surface area contributed by atoms with E-state index in [-0.39, 0.29) is 17.9 Å². The van der Waals surface area contributed by atoms with Crippen LogP contribution in [0.5, 0.6) is 0 Å². The number of aromatic nitrogens is 4. The molecule has 1 aliphatic heterocycles. The Labute approximate surface area is 227 Å². The zero-order valence-corrected chi connectivity index (χ0v) is 22.1. The second-order valence-electron chi connectivity index (χ2n) is 9.80. The number of nitrogens with zero attached hydrogens (tertiary/aromatic N) is 6. The fourth-order valence-electron chi connectivity index (χ4n) is 4.85. The number of anilines is 2. The third-order valence-electron chi connectivity index (χ3n) is 6.75. The number of likely N-dealkylation sites (tertiary alicyclic amines) is 1. The van der Waals surface area contributed by atoms with Crippen LogP contribution in [0.15, 0.2) is 73.2 Å². The predicted molar refractivity (Wildman–Crippen MR) is 151 cm³/mol. The molecule has 3 N–H and O–H groups in total. The molecular formula is C29H32N8O2. The summed E-state index contributed by atoms with van der Waals surface area (Å²) in [5.41, 5.74) is 8.98. The van der Waals surface area contributed by atoms with Gasteiger partial charge in [-0.15, -0.1) is 0 Å². The zero-order valence-electron chi connectivity index (χ0n) is 22.1. The lowest BCUT2D eigenvalue weighted by Crippen LogP contribution is -2.38. The monoisotopic (exact) mass is 524 g/mol. The molecule has 1 fully saturated rings. The summed E-state index contributed by atoms with van der Waals surface area (Å²) in [5, 5.41) is 2.79. The third kappa shape index (κ3) is 5.65. The highest BCUT2D eigenvalue weighted by Gasteiger charge is 2.31. The van der Waals surface area contributed by atoms with E-state index in [4.69, 9.17) is 10.7 Å². The number of hydrogen-bond acceptors (Lipinski definition) is 7. The minimum absolute atomic E-state index is 0.0230. The van der Waals surface area contributed by atoms with E-state index in [1.807, 2.05) is 58.8 Å². The van der Waals surface area contributed by atoms with Crippen LogP contribution in [-0.4, -0.2) is 68.2 Å². The number of likely N-dealkylation sites (N-methyl/N-ethyl adjacent to an activating group) is 1. The fraction of sp³-hybridized carbons (Fsp3) is 0.276. The molecule has 10 heteroatoms. The molecule has 2 amide bonds. The summed E-state index contributed by atoms with van der Waals surface area (Å²) in [4.78, 5) is 43.3. The summed E-state index contributed by atoms with van der Waals surface area (Å²) in [6.07, 6.45) is 11.4. The van der Waals surface area contributed by atoms with Crippen molar-refractivity contribution < 1.29 is 9.59 Å². The molecule has 5 rings (SSSR count). The molecule has 0 aliphatic carbocycles. The molecule has 0 saturated carbocycles. The second kappa shape index (κ2) is 11.4. The van der Waals surface area contributed by atoms with Crippen LogP contribution in [0.3, 0.4) is 0 Å². The number of rotatable bonds is 7. The van der Waals surface area contributed by atoms with E-state index in [9.17, 15) is 9.59 Å². The van der Waals surface area contributed by atoms with Gasteiger partial charge in [-0.1, -0.05) is 24.3 Å². The molecule has 1 saturated heterocycles. The van der Waals surface area contributed by atoms with E-state index >= 15 is 0 Å². The number of carbonyl (C=O) groups excluding carboxylic acids is 2. The Morgan fingerprint density at radius 2 is 1.92 bits per heavy atom. The van der Waals surface area contributed by atoms with Crippen LogP contribution in [0.1, 0.15) is 41.5 Å². The van der Waals surface area contributed by atoms with Crippen LogP contribution in [0.25, 0.3) is 16.8 Å². The highest BCUT2D eigenvalue weighted by atomic mass is 16.2. The van der Waals surface area contributed by atoms with Gasteiger partial charge in [0.15, 0.2) is 0 Å². The lowest BCUT2D eigenvalue weighted by Gasteiger charge is -2.34. The van der Waals surface area contributed by atoms with Gasteiger partial charge >= 0.3 is 0 Å². The van der Waals surface area contributed by atoms with E-state index in [1.54, 1.807) is 42.7 Å². The Morgan fingerprint density at radius 1 is 1.10 bits per heavy atom. The first-order valence-corrected chi connectivity index (χ1v) is 13.0. The van der Waals surface area contributed by atoms with Crippen molar-refractivity contribution in [1.29, 1.82) is 0 Å². The van der Waals surface area contributed by atoms with Crippen molar-refractivity contribution in [3.63, 3.8) is 0 Å². The first-order chi connectivity index (χ1) is 18.9. The van der Waals surface area contributed by atoms with E-state index in [2.05, 4.69) is 15.3 Å². The number of carbonyl (C=O) groups is 2. The van der Waals surface area contributed by atoms with E-state index in [0.29, 0.717) is 41.5 Å². The molecule has 0 bridgehead atoms. The van der Waals surface area contributed by atoms with Gasteiger partial charge in [-0.3, -0.25) is 14.0 Å². The molecule has 4 heterocycles. The van der Waals surface area contributed by atoms with Crippen molar-refractivity contribution in [3.05, 3.63) is 84.6 Å². The van der Waals surface area contributed by atoms with Crippen LogP contribution in [0, 0.1) is 0 Å². The summed E-state index contributed by atoms with van der Waals surface area (Å²) in [6.45, 7) is 1.36. The Kier molecular flexibility index (Phi) is 7.64. The molecule has 3 aromatic heterocycles. The van der Waals surface area contributed by atoms with Gasteiger partial charge in [-0.25, -0.2) is 15.0 Å². The SMILES string of the molecule is CN(C)CC=CC(=O)N1CCCCC1c1nc(-c2ccc(C(=O)Nc3ccccn3)cc2)c2c(N)nccn12. The van der Waals surface area contributed by atoms with Crippen LogP contribution in [-0.2, 0) is 4.79 Å². The molecule has 1 atom stereocenters. The number of nitrogens with one attached hydrogen (secondary N) is 1. The average Bonchev–Trinajstić information content (AvgIpc) is 3.34. The first kappa shape index (κ1) is 26.1. The fourth-order valence-corrected chi connectivity index (χ4v) is 4.85. The van der Waals surface area contributed by atoms with Gasteiger partial charge in [0.05, 0.1) is 6.04 Å². The smallest absolute Gasteiger partial charge is 0.256 e. The number of amides is 2. The zero-order chi connectivity index (χ0) is 27.4. The topological polar surface area (TPSA) is 122 Å². The van der Waals surface area contributed by atoms with Gasteiger partial charge in [0.1, 0.15) is 28.7 Å². The van der Waals surface area contributed by atoms with Crippen LogP contribution in [0.4, 0.5) is 11.6 Å². The maximum absolute atomic E-state index is 13.2. The van der Waals surface area contributed by atoms with Gasteiger partial charge < -0.3 is 20.9 Å². The lowest BCUT2D eigenvalue weighted by atomic mass is 10.0. The molecule has 1 unspecified atom stereocenters. The second-order valence-corrected chi connectivity index (χ2v) is 9.80. The molecule has 0 spiro atoms. The van der Waals surface area contributed by atoms with Crippen molar-refractivity contribution in [2.24, 2.45) is 0 Å². The summed E-state index contributed by atoms with van der Waals surface area (Å²) in [5.74, 6) is 1.31. The van der Waals surface area contributed by atoms with E-state index in [0.717, 1.165) is 30.7 Å². The Bertz CT molecular complexity index is 1500. The Morgan fingerprint density at radius 3 is 2.67 bits per heavy atom. The molecule has 1 aliphatic rings. The number of pyridine rings is 1. The van der Waals surface area contributed by atoms with Crippen molar-refractivity contribution in [1.82, 2.24) is 29.2 Å². The van der Waals surface area contributed by atoms with Crippen molar-refractivity contribution >= 4 is 29.0 Å². The van der Waals surface area contributed by atoms with Gasteiger partial charge in [0.2, 0.25) is 5.91 Å². The van der Waals surface area contributed by atoms with Crippen LogP contribution < -0.4 is 11.1 Å². The van der Waals surface area contributed by atoms with Crippen molar-refractivity contribution in [2.45, 2.75) is 25.3 Å². The van der Waals surface area contributed by atoms with Crippen molar-refractivity contribution in [2.75, 3.05) is 38.2 Å². The normalized spacial score (nSPS) is 15.8. The number of piperidine rings is 1. The summed E-state index contributed by atoms with van der Waals surface area (Å²) in [6, 6.07) is 12.3. The van der Waals surface area contributed by atoms with Gasteiger partial charge in [-0.2, -0.15) is 0 Å². The molecular weight excluding hydrogens is 492 g/mol. The largest absolute Gasteiger partial charge is 0.382 e. The highest BCUT2D eigenvalue weighted by Crippen LogP contribution is 2.36. The molecule has 4 aromatic rings. The molecule has 0 radical (unpaired) electrons. The van der Waals surface area contributed by atoms with Gasteiger partial charge in [0, 0.05) is 48.9 Å². The van der Waals surface area contributed by atoms with E-state index < -0.39 is 0 Å². The minimum Gasteiger partial charge on any atom is -0.382 e. The maximum Gasteiger partial charge on any atom is 0.256 e.